The van der Waals surface area contributed by atoms with E-state index in [0.717, 1.165) is 15.5 Å². The first-order valence-corrected chi connectivity index (χ1v) is 5.56. The summed E-state index contributed by atoms with van der Waals surface area (Å²) in [6.07, 6.45) is 2.48. The standard InChI is InChI=1S/C10H10BrN3/c1-6-4-9-10(5-8(6)11)14(13-12-9)7-2-3-7/h4-5,7H,2-3H2,1H3. The Hall–Kier alpha value is -0.900. The van der Waals surface area contributed by atoms with Crippen molar-refractivity contribution in [2.45, 2.75) is 25.8 Å². The van der Waals surface area contributed by atoms with Gasteiger partial charge in [0.2, 0.25) is 0 Å². The van der Waals surface area contributed by atoms with Crippen molar-refractivity contribution in [1.82, 2.24) is 15.0 Å². The van der Waals surface area contributed by atoms with Gasteiger partial charge in [-0.25, -0.2) is 4.68 Å². The molecule has 0 amide bonds. The number of hydrogen-bond acceptors (Lipinski definition) is 2. The highest BCUT2D eigenvalue weighted by Crippen LogP contribution is 2.36. The molecule has 1 aromatic heterocycles. The van der Waals surface area contributed by atoms with E-state index in [0.29, 0.717) is 6.04 Å². The molecule has 0 unspecified atom stereocenters. The zero-order valence-corrected chi connectivity index (χ0v) is 9.45. The average Bonchev–Trinajstić information content (AvgIpc) is 2.91. The van der Waals surface area contributed by atoms with Crippen molar-refractivity contribution in [1.29, 1.82) is 0 Å². The van der Waals surface area contributed by atoms with Gasteiger partial charge in [0.05, 0.1) is 11.6 Å². The zero-order chi connectivity index (χ0) is 9.71. The fourth-order valence-electron chi connectivity index (χ4n) is 1.65. The molecular formula is C10H10BrN3. The van der Waals surface area contributed by atoms with Crippen LogP contribution in [0.1, 0.15) is 24.4 Å². The second-order valence-corrected chi connectivity index (χ2v) is 4.71. The third-order valence-corrected chi connectivity index (χ3v) is 3.50. The van der Waals surface area contributed by atoms with E-state index in [1.54, 1.807) is 0 Å². The topological polar surface area (TPSA) is 30.7 Å². The van der Waals surface area contributed by atoms with Crippen LogP contribution in [0.3, 0.4) is 0 Å². The van der Waals surface area contributed by atoms with Crippen LogP contribution in [0.2, 0.25) is 0 Å². The Balaban J connectivity index is 2.29. The minimum atomic E-state index is 0.592. The molecule has 72 valence electrons. The van der Waals surface area contributed by atoms with Gasteiger partial charge in [0, 0.05) is 4.47 Å². The van der Waals surface area contributed by atoms with Gasteiger partial charge in [0.1, 0.15) is 5.52 Å². The average molecular weight is 252 g/mol. The smallest absolute Gasteiger partial charge is 0.113 e. The van der Waals surface area contributed by atoms with E-state index in [4.69, 9.17) is 0 Å². The second kappa shape index (κ2) is 2.79. The second-order valence-electron chi connectivity index (χ2n) is 3.86. The lowest BCUT2D eigenvalue weighted by Crippen LogP contribution is -1.95. The molecule has 0 radical (unpaired) electrons. The van der Waals surface area contributed by atoms with E-state index < -0.39 is 0 Å². The summed E-state index contributed by atoms with van der Waals surface area (Å²) in [6, 6.07) is 4.78. The van der Waals surface area contributed by atoms with Gasteiger partial charge in [-0.15, -0.1) is 5.10 Å². The molecule has 0 N–H and O–H groups in total. The van der Waals surface area contributed by atoms with Crippen LogP contribution in [0, 0.1) is 6.92 Å². The fourth-order valence-corrected chi connectivity index (χ4v) is 1.98. The summed E-state index contributed by atoms with van der Waals surface area (Å²) in [5.74, 6) is 0. The number of aryl methyl sites for hydroxylation is 1. The molecule has 0 bridgehead atoms. The summed E-state index contributed by atoms with van der Waals surface area (Å²) in [4.78, 5) is 0. The van der Waals surface area contributed by atoms with Crippen LogP contribution in [0.25, 0.3) is 11.0 Å². The van der Waals surface area contributed by atoms with Gasteiger partial charge in [0.15, 0.2) is 0 Å². The lowest BCUT2D eigenvalue weighted by Gasteiger charge is -2.00. The summed E-state index contributed by atoms with van der Waals surface area (Å²) >= 11 is 3.54. The predicted molar refractivity (Wildman–Crippen MR) is 58.2 cm³/mol. The number of benzene rings is 1. The summed E-state index contributed by atoms with van der Waals surface area (Å²) in [5, 5.41) is 8.36. The van der Waals surface area contributed by atoms with Crippen LogP contribution in [0.15, 0.2) is 16.6 Å². The number of hydrogen-bond donors (Lipinski definition) is 0. The Labute approximate surface area is 90.2 Å². The van der Waals surface area contributed by atoms with Crippen molar-refractivity contribution >= 4 is 27.0 Å². The Morgan fingerprint density at radius 3 is 2.93 bits per heavy atom. The molecule has 1 heterocycles. The number of halogens is 1. The van der Waals surface area contributed by atoms with Crippen molar-refractivity contribution in [3.8, 4) is 0 Å². The Bertz CT molecular complexity index is 499. The molecule has 0 aliphatic heterocycles. The number of fused-ring (bicyclic) bond motifs is 1. The maximum atomic E-state index is 4.19. The van der Waals surface area contributed by atoms with Crippen LogP contribution in [0.5, 0.6) is 0 Å². The minimum Gasteiger partial charge on any atom is -0.242 e. The summed E-state index contributed by atoms with van der Waals surface area (Å²) < 4.78 is 3.17. The van der Waals surface area contributed by atoms with Crippen molar-refractivity contribution in [2.75, 3.05) is 0 Å². The molecule has 1 fully saturated rings. The van der Waals surface area contributed by atoms with E-state index in [1.807, 2.05) is 4.68 Å². The van der Waals surface area contributed by atoms with Gasteiger partial charge < -0.3 is 0 Å². The monoisotopic (exact) mass is 251 g/mol. The van der Waals surface area contributed by atoms with E-state index in [-0.39, 0.29) is 0 Å². The van der Waals surface area contributed by atoms with Gasteiger partial charge >= 0.3 is 0 Å². The maximum Gasteiger partial charge on any atom is 0.113 e. The molecule has 0 saturated heterocycles. The van der Waals surface area contributed by atoms with Gasteiger partial charge in [0.25, 0.3) is 0 Å². The first-order valence-electron chi connectivity index (χ1n) is 4.77. The molecule has 4 heteroatoms. The molecular weight excluding hydrogens is 242 g/mol. The van der Waals surface area contributed by atoms with E-state index in [1.165, 1.54) is 18.4 Å². The van der Waals surface area contributed by atoms with Crippen molar-refractivity contribution in [2.24, 2.45) is 0 Å². The first kappa shape index (κ1) is 8.41. The lowest BCUT2D eigenvalue weighted by molar-refractivity contribution is 0.630. The quantitative estimate of drug-likeness (QED) is 0.781. The lowest BCUT2D eigenvalue weighted by atomic mass is 10.2. The van der Waals surface area contributed by atoms with Gasteiger partial charge in [-0.05, 0) is 37.5 Å². The van der Waals surface area contributed by atoms with Crippen LogP contribution in [-0.2, 0) is 0 Å². The van der Waals surface area contributed by atoms with E-state index >= 15 is 0 Å². The third kappa shape index (κ3) is 1.17. The highest BCUT2D eigenvalue weighted by molar-refractivity contribution is 9.10. The Morgan fingerprint density at radius 1 is 1.43 bits per heavy atom. The van der Waals surface area contributed by atoms with Gasteiger partial charge in [-0.1, -0.05) is 21.1 Å². The van der Waals surface area contributed by atoms with Gasteiger partial charge in [-0.2, -0.15) is 0 Å². The predicted octanol–water partition coefficient (Wildman–Crippen LogP) is 2.84. The molecule has 14 heavy (non-hydrogen) atoms. The Kier molecular flexibility index (Phi) is 1.68. The van der Waals surface area contributed by atoms with Crippen LogP contribution in [0.4, 0.5) is 0 Å². The van der Waals surface area contributed by atoms with Crippen LogP contribution >= 0.6 is 15.9 Å². The fraction of sp³-hybridized carbons (Fsp3) is 0.400. The molecule has 3 rings (SSSR count). The highest BCUT2D eigenvalue weighted by atomic mass is 79.9. The molecule has 2 aromatic rings. The van der Waals surface area contributed by atoms with Crippen molar-refractivity contribution in [3.63, 3.8) is 0 Å². The largest absolute Gasteiger partial charge is 0.242 e. The Morgan fingerprint density at radius 2 is 2.21 bits per heavy atom. The summed E-state index contributed by atoms with van der Waals surface area (Å²) in [7, 11) is 0. The van der Waals surface area contributed by atoms with Crippen LogP contribution < -0.4 is 0 Å². The van der Waals surface area contributed by atoms with E-state index in [9.17, 15) is 0 Å². The van der Waals surface area contributed by atoms with E-state index in [2.05, 4.69) is 45.3 Å². The summed E-state index contributed by atoms with van der Waals surface area (Å²) in [6.45, 7) is 2.07. The third-order valence-electron chi connectivity index (χ3n) is 2.64. The van der Waals surface area contributed by atoms with Gasteiger partial charge in [-0.3, -0.25) is 0 Å². The van der Waals surface area contributed by atoms with Crippen LogP contribution in [-0.4, -0.2) is 15.0 Å². The zero-order valence-electron chi connectivity index (χ0n) is 7.87. The molecule has 0 atom stereocenters. The molecule has 1 saturated carbocycles. The summed E-state index contributed by atoms with van der Waals surface area (Å²) in [5.41, 5.74) is 3.35. The maximum absolute atomic E-state index is 4.19. The van der Waals surface area contributed by atoms with Crippen molar-refractivity contribution in [3.05, 3.63) is 22.2 Å². The molecule has 1 aromatic carbocycles. The first-order chi connectivity index (χ1) is 6.75. The normalized spacial score (nSPS) is 16.4. The molecule has 1 aliphatic rings. The number of nitrogens with zero attached hydrogens (tertiary/aromatic N) is 3. The number of rotatable bonds is 1. The SMILES string of the molecule is Cc1cc2nnn(C3CC3)c2cc1Br. The highest BCUT2D eigenvalue weighted by Gasteiger charge is 2.26. The molecule has 1 aliphatic carbocycles. The minimum absolute atomic E-state index is 0.592. The molecule has 3 nitrogen and oxygen atoms in total. The molecule has 0 spiro atoms. The number of aromatic nitrogens is 3. The van der Waals surface area contributed by atoms with Crippen molar-refractivity contribution < 1.29 is 0 Å².